The maximum Gasteiger partial charge on any atom is 0.133 e. The van der Waals surface area contributed by atoms with Crippen LogP contribution in [0.15, 0.2) is 42.5 Å². The van der Waals surface area contributed by atoms with Crippen LogP contribution in [0.25, 0.3) is 0 Å². The van der Waals surface area contributed by atoms with E-state index in [1.165, 1.54) is 18.2 Å². The molecule has 0 spiro atoms. The Kier molecular flexibility index (Phi) is 3.63. The van der Waals surface area contributed by atoms with E-state index < -0.39 is 6.10 Å². The van der Waals surface area contributed by atoms with E-state index in [4.69, 9.17) is 4.74 Å². The van der Waals surface area contributed by atoms with Crippen LogP contribution in [0.2, 0.25) is 0 Å². The number of benzene rings is 2. The predicted molar refractivity (Wildman–Crippen MR) is 68.3 cm³/mol. The molecule has 18 heavy (non-hydrogen) atoms. The molecule has 0 aliphatic heterocycles. The van der Waals surface area contributed by atoms with Crippen molar-refractivity contribution in [1.82, 2.24) is 0 Å². The normalized spacial score (nSPS) is 12.2. The van der Waals surface area contributed by atoms with E-state index in [2.05, 4.69) is 0 Å². The minimum atomic E-state index is -0.777. The lowest BCUT2D eigenvalue weighted by Crippen LogP contribution is -1.97. The van der Waals surface area contributed by atoms with Gasteiger partial charge in [0.05, 0.1) is 6.10 Å². The molecule has 1 N–H and O–H groups in total. The minimum absolute atomic E-state index is 0.387. The van der Waals surface area contributed by atoms with Crippen LogP contribution < -0.4 is 4.74 Å². The maximum atomic E-state index is 13.1. The van der Waals surface area contributed by atoms with Crippen LogP contribution in [0.4, 0.5) is 4.39 Å². The van der Waals surface area contributed by atoms with E-state index in [9.17, 15) is 9.50 Å². The molecule has 0 saturated carbocycles. The second kappa shape index (κ2) is 5.19. The number of hydrogen-bond acceptors (Lipinski definition) is 2. The molecule has 3 heteroatoms. The molecule has 0 unspecified atom stereocenters. The summed E-state index contributed by atoms with van der Waals surface area (Å²) in [6, 6.07) is 11.7. The van der Waals surface area contributed by atoms with Crippen molar-refractivity contribution in [3.8, 4) is 11.5 Å². The van der Waals surface area contributed by atoms with Crippen LogP contribution in [0.1, 0.15) is 24.2 Å². The zero-order valence-electron chi connectivity index (χ0n) is 10.4. The highest BCUT2D eigenvalue weighted by molar-refractivity contribution is 5.40. The highest BCUT2D eigenvalue weighted by atomic mass is 19.1. The van der Waals surface area contributed by atoms with E-state index >= 15 is 0 Å². The van der Waals surface area contributed by atoms with Gasteiger partial charge in [0.25, 0.3) is 0 Å². The van der Waals surface area contributed by atoms with E-state index in [0.29, 0.717) is 17.1 Å². The molecule has 0 aliphatic rings. The molecular weight excluding hydrogens is 231 g/mol. The third-order valence-electron chi connectivity index (χ3n) is 2.64. The van der Waals surface area contributed by atoms with Gasteiger partial charge in [0, 0.05) is 5.56 Å². The number of aliphatic hydroxyl groups excluding tert-OH is 1. The Morgan fingerprint density at radius 3 is 2.61 bits per heavy atom. The van der Waals surface area contributed by atoms with Gasteiger partial charge in [0.15, 0.2) is 0 Å². The average Bonchev–Trinajstić information content (AvgIpc) is 2.31. The Morgan fingerprint density at radius 1 is 1.17 bits per heavy atom. The summed E-state index contributed by atoms with van der Waals surface area (Å²) >= 11 is 0. The molecule has 2 nitrogen and oxygen atoms in total. The van der Waals surface area contributed by atoms with Gasteiger partial charge < -0.3 is 9.84 Å². The fraction of sp³-hybridized carbons (Fsp3) is 0.200. The number of hydrogen-bond donors (Lipinski definition) is 1. The van der Waals surface area contributed by atoms with Crippen LogP contribution in [-0.2, 0) is 0 Å². The first-order valence-corrected chi connectivity index (χ1v) is 5.78. The summed E-state index contributed by atoms with van der Waals surface area (Å²) in [5.41, 5.74) is 1.52. The SMILES string of the molecule is Cc1cccc(Oc2ccc(F)cc2[C@@H](C)O)c1. The number of aryl methyl sites for hydroxylation is 1. The van der Waals surface area contributed by atoms with Crippen molar-refractivity contribution in [2.24, 2.45) is 0 Å². The molecule has 0 aromatic heterocycles. The van der Waals surface area contributed by atoms with Gasteiger partial charge in [-0.15, -0.1) is 0 Å². The first-order chi connectivity index (χ1) is 8.56. The van der Waals surface area contributed by atoms with Crippen molar-refractivity contribution in [2.75, 3.05) is 0 Å². The summed E-state index contributed by atoms with van der Waals surface area (Å²) < 4.78 is 18.8. The lowest BCUT2D eigenvalue weighted by molar-refractivity contribution is 0.195. The van der Waals surface area contributed by atoms with Crippen LogP contribution in [0, 0.1) is 12.7 Å². The standard InChI is InChI=1S/C15H15FO2/c1-10-4-3-5-13(8-10)18-15-7-6-12(16)9-14(15)11(2)17/h3-9,11,17H,1-2H3/t11-/m1/s1. The van der Waals surface area contributed by atoms with Gasteiger partial charge in [-0.1, -0.05) is 12.1 Å². The van der Waals surface area contributed by atoms with Gasteiger partial charge in [-0.2, -0.15) is 0 Å². The Balaban J connectivity index is 2.34. The summed E-state index contributed by atoms with van der Waals surface area (Å²) in [6.45, 7) is 3.55. The topological polar surface area (TPSA) is 29.5 Å². The van der Waals surface area contributed by atoms with E-state index in [1.54, 1.807) is 6.92 Å². The van der Waals surface area contributed by atoms with E-state index in [0.717, 1.165) is 5.56 Å². The molecule has 2 aromatic carbocycles. The van der Waals surface area contributed by atoms with Crippen LogP contribution in [0.5, 0.6) is 11.5 Å². The lowest BCUT2D eigenvalue weighted by Gasteiger charge is -2.13. The second-order valence-corrected chi connectivity index (χ2v) is 4.28. The monoisotopic (exact) mass is 246 g/mol. The average molecular weight is 246 g/mol. The summed E-state index contributed by atoms with van der Waals surface area (Å²) in [7, 11) is 0. The summed E-state index contributed by atoms with van der Waals surface area (Å²) in [6.07, 6.45) is -0.777. The predicted octanol–water partition coefficient (Wildman–Crippen LogP) is 3.98. The largest absolute Gasteiger partial charge is 0.457 e. The number of ether oxygens (including phenoxy) is 1. The first-order valence-electron chi connectivity index (χ1n) is 5.78. The van der Waals surface area contributed by atoms with Crippen molar-refractivity contribution in [3.05, 3.63) is 59.4 Å². The summed E-state index contributed by atoms with van der Waals surface area (Å²) in [5.74, 6) is 0.753. The molecule has 0 radical (unpaired) electrons. The fourth-order valence-corrected chi connectivity index (χ4v) is 1.74. The van der Waals surface area contributed by atoms with E-state index in [1.807, 2.05) is 31.2 Å². The van der Waals surface area contributed by atoms with Crippen LogP contribution in [-0.4, -0.2) is 5.11 Å². The smallest absolute Gasteiger partial charge is 0.133 e. The second-order valence-electron chi connectivity index (χ2n) is 4.28. The number of rotatable bonds is 3. The number of aliphatic hydroxyl groups is 1. The Bertz CT molecular complexity index is 550. The van der Waals surface area contributed by atoms with Crippen molar-refractivity contribution < 1.29 is 14.2 Å². The van der Waals surface area contributed by atoms with Gasteiger partial charge in [0.2, 0.25) is 0 Å². The van der Waals surface area contributed by atoms with Gasteiger partial charge >= 0.3 is 0 Å². The highest BCUT2D eigenvalue weighted by Crippen LogP contribution is 2.30. The minimum Gasteiger partial charge on any atom is -0.457 e. The van der Waals surface area contributed by atoms with Crippen molar-refractivity contribution in [2.45, 2.75) is 20.0 Å². The Morgan fingerprint density at radius 2 is 1.94 bits per heavy atom. The summed E-state index contributed by atoms with van der Waals surface area (Å²) in [5, 5.41) is 9.61. The first kappa shape index (κ1) is 12.6. The number of halogens is 1. The van der Waals surface area contributed by atoms with Crippen LogP contribution in [0.3, 0.4) is 0 Å². The molecule has 0 bridgehead atoms. The fourth-order valence-electron chi connectivity index (χ4n) is 1.74. The highest BCUT2D eigenvalue weighted by Gasteiger charge is 2.11. The Hall–Kier alpha value is -1.87. The van der Waals surface area contributed by atoms with E-state index in [-0.39, 0.29) is 5.82 Å². The molecule has 0 heterocycles. The van der Waals surface area contributed by atoms with Crippen molar-refractivity contribution in [1.29, 1.82) is 0 Å². The molecule has 94 valence electrons. The van der Waals surface area contributed by atoms with Gasteiger partial charge in [0.1, 0.15) is 17.3 Å². The van der Waals surface area contributed by atoms with Crippen molar-refractivity contribution in [3.63, 3.8) is 0 Å². The molecule has 2 aromatic rings. The van der Waals surface area contributed by atoms with Crippen LogP contribution >= 0.6 is 0 Å². The van der Waals surface area contributed by atoms with Gasteiger partial charge in [-0.3, -0.25) is 0 Å². The molecule has 0 fully saturated rings. The maximum absolute atomic E-state index is 13.1. The molecule has 1 atom stereocenters. The van der Waals surface area contributed by atoms with Crippen molar-refractivity contribution >= 4 is 0 Å². The molecule has 0 amide bonds. The molecular formula is C15H15FO2. The zero-order valence-corrected chi connectivity index (χ0v) is 10.4. The molecule has 0 aliphatic carbocycles. The molecule has 2 rings (SSSR count). The summed E-state index contributed by atoms with van der Waals surface area (Å²) in [4.78, 5) is 0. The van der Waals surface area contributed by atoms with Gasteiger partial charge in [-0.25, -0.2) is 4.39 Å². The van der Waals surface area contributed by atoms with Gasteiger partial charge in [-0.05, 0) is 49.7 Å². The Labute approximate surface area is 106 Å². The quantitative estimate of drug-likeness (QED) is 0.887. The molecule has 0 saturated heterocycles. The third-order valence-corrected chi connectivity index (χ3v) is 2.64. The zero-order chi connectivity index (χ0) is 13.1. The third kappa shape index (κ3) is 2.87. The lowest BCUT2D eigenvalue weighted by atomic mass is 10.1.